The molecule has 0 spiro atoms. The molecule has 0 amide bonds. The summed E-state index contributed by atoms with van der Waals surface area (Å²) in [6.07, 6.45) is 4.26. The van der Waals surface area contributed by atoms with Crippen LogP contribution in [0.4, 0.5) is 4.39 Å². The van der Waals surface area contributed by atoms with E-state index >= 15 is 0 Å². The number of nitrogens with zero attached hydrogens (tertiary/aromatic N) is 3. The van der Waals surface area contributed by atoms with Gasteiger partial charge in [0.2, 0.25) is 0 Å². The average Bonchev–Trinajstić information content (AvgIpc) is 3.23. The molecular weight excluding hydrogens is 253 g/mol. The van der Waals surface area contributed by atoms with Gasteiger partial charge in [-0.25, -0.2) is 9.07 Å². The standard InChI is InChI=1S/C14H12FN3.C2H6/c1-9-8-18(17-14(9)11-2-3-11)13-5-10(7-16)4-12(15)6-13;1-2/h4-6,8,11H,2-3H2,1H3;1-2H3. The fraction of sp³-hybridized carbons (Fsp3) is 0.375. The number of nitriles is 1. The van der Waals surface area contributed by atoms with Gasteiger partial charge in [-0.1, -0.05) is 13.8 Å². The lowest BCUT2D eigenvalue weighted by Gasteiger charge is -2.02. The molecule has 0 unspecified atom stereocenters. The van der Waals surface area contributed by atoms with Crippen molar-refractivity contribution in [3.05, 3.63) is 47.0 Å². The van der Waals surface area contributed by atoms with Gasteiger partial charge >= 0.3 is 0 Å². The van der Waals surface area contributed by atoms with E-state index in [9.17, 15) is 4.39 Å². The molecule has 1 aliphatic carbocycles. The second-order valence-electron chi connectivity index (χ2n) is 4.73. The molecule has 0 bridgehead atoms. The van der Waals surface area contributed by atoms with Crippen molar-refractivity contribution >= 4 is 0 Å². The van der Waals surface area contributed by atoms with Crippen molar-refractivity contribution in [2.45, 2.75) is 39.5 Å². The molecule has 4 heteroatoms. The third-order valence-electron chi connectivity index (χ3n) is 3.18. The van der Waals surface area contributed by atoms with Gasteiger partial charge in [-0.2, -0.15) is 10.4 Å². The highest BCUT2D eigenvalue weighted by Crippen LogP contribution is 2.40. The summed E-state index contributed by atoms with van der Waals surface area (Å²) in [5.41, 5.74) is 3.13. The van der Waals surface area contributed by atoms with Crippen molar-refractivity contribution in [3.63, 3.8) is 0 Å². The van der Waals surface area contributed by atoms with Gasteiger partial charge in [0.25, 0.3) is 0 Å². The van der Waals surface area contributed by atoms with E-state index in [-0.39, 0.29) is 0 Å². The lowest BCUT2D eigenvalue weighted by Crippen LogP contribution is -1.97. The van der Waals surface area contributed by atoms with Crippen LogP contribution in [0.1, 0.15) is 49.4 Å². The number of aryl methyl sites for hydroxylation is 1. The van der Waals surface area contributed by atoms with Crippen molar-refractivity contribution in [1.82, 2.24) is 9.78 Å². The Labute approximate surface area is 118 Å². The zero-order chi connectivity index (χ0) is 14.7. The Morgan fingerprint density at radius 1 is 1.30 bits per heavy atom. The normalized spacial score (nSPS) is 13.3. The summed E-state index contributed by atoms with van der Waals surface area (Å²) >= 11 is 0. The molecule has 1 aliphatic rings. The monoisotopic (exact) mass is 271 g/mol. The molecule has 0 saturated heterocycles. The maximum absolute atomic E-state index is 13.4. The van der Waals surface area contributed by atoms with Crippen LogP contribution in [-0.2, 0) is 0 Å². The first-order chi connectivity index (χ1) is 9.67. The summed E-state index contributed by atoms with van der Waals surface area (Å²) in [4.78, 5) is 0. The molecule has 1 heterocycles. The summed E-state index contributed by atoms with van der Waals surface area (Å²) in [5, 5.41) is 13.3. The Bertz CT molecular complexity index is 648. The van der Waals surface area contributed by atoms with Gasteiger partial charge in [0, 0.05) is 12.1 Å². The van der Waals surface area contributed by atoms with E-state index in [1.165, 1.54) is 25.0 Å². The van der Waals surface area contributed by atoms with Crippen molar-refractivity contribution in [2.75, 3.05) is 0 Å². The summed E-state index contributed by atoms with van der Waals surface area (Å²) in [6, 6.07) is 6.22. The minimum absolute atomic E-state index is 0.311. The van der Waals surface area contributed by atoms with E-state index < -0.39 is 5.82 Å². The minimum atomic E-state index is -0.412. The maximum atomic E-state index is 13.4. The Morgan fingerprint density at radius 2 is 2.00 bits per heavy atom. The lowest BCUT2D eigenvalue weighted by molar-refractivity contribution is 0.624. The molecule has 3 nitrogen and oxygen atoms in total. The third-order valence-corrected chi connectivity index (χ3v) is 3.18. The Morgan fingerprint density at radius 3 is 2.60 bits per heavy atom. The number of hydrogen-bond donors (Lipinski definition) is 0. The highest BCUT2D eigenvalue weighted by atomic mass is 19.1. The molecule has 0 N–H and O–H groups in total. The highest BCUT2D eigenvalue weighted by Gasteiger charge is 2.28. The third kappa shape index (κ3) is 2.88. The van der Waals surface area contributed by atoms with Crippen LogP contribution in [0.3, 0.4) is 0 Å². The SMILES string of the molecule is CC.Cc1cn(-c2cc(F)cc(C#N)c2)nc1C1CC1. The van der Waals surface area contributed by atoms with Gasteiger partial charge in [-0.3, -0.25) is 0 Å². The molecule has 104 valence electrons. The number of aromatic nitrogens is 2. The predicted octanol–water partition coefficient (Wildman–Crippen LogP) is 4.10. The van der Waals surface area contributed by atoms with Crippen molar-refractivity contribution in [3.8, 4) is 11.8 Å². The number of rotatable bonds is 2. The zero-order valence-electron chi connectivity index (χ0n) is 12.0. The molecule has 0 aliphatic heterocycles. The Kier molecular flexibility index (Phi) is 4.19. The van der Waals surface area contributed by atoms with Crippen LogP contribution in [-0.4, -0.2) is 9.78 Å². The molecule has 1 saturated carbocycles. The van der Waals surface area contributed by atoms with Crippen molar-refractivity contribution in [1.29, 1.82) is 5.26 Å². The quantitative estimate of drug-likeness (QED) is 0.825. The molecule has 1 aromatic heterocycles. The topological polar surface area (TPSA) is 41.6 Å². The van der Waals surface area contributed by atoms with Gasteiger partial charge in [0.15, 0.2) is 0 Å². The van der Waals surface area contributed by atoms with Gasteiger partial charge in [0.1, 0.15) is 5.82 Å². The van der Waals surface area contributed by atoms with Gasteiger partial charge in [0.05, 0.1) is 23.0 Å². The van der Waals surface area contributed by atoms with Crippen LogP contribution in [0.5, 0.6) is 0 Å². The van der Waals surface area contributed by atoms with Crippen molar-refractivity contribution in [2.24, 2.45) is 0 Å². The van der Waals surface area contributed by atoms with E-state index in [4.69, 9.17) is 5.26 Å². The highest BCUT2D eigenvalue weighted by molar-refractivity contribution is 5.42. The first-order valence-electron chi connectivity index (χ1n) is 6.94. The maximum Gasteiger partial charge on any atom is 0.126 e. The van der Waals surface area contributed by atoms with Crippen LogP contribution in [0, 0.1) is 24.1 Å². The summed E-state index contributed by atoms with van der Waals surface area (Å²) in [6.45, 7) is 6.02. The number of benzene rings is 1. The van der Waals surface area contributed by atoms with Crippen LogP contribution in [0.15, 0.2) is 24.4 Å². The zero-order valence-corrected chi connectivity index (χ0v) is 12.0. The largest absolute Gasteiger partial charge is 0.240 e. The van der Waals surface area contributed by atoms with Gasteiger partial charge in [-0.05, 0) is 43.5 Å². The summed E-state index contributed by atoms with van der Waals surface area (Å²) in [7, 11) is 0. The average molecular weight is 271 g/mol. The van der Waals surface area contributed by atoms with Gasteiger partial charge in [-0.15, -0.1) is 0 Å². The van der Waals surface area contributed by atoms with E-state index in [1.54, 1.807) is 10.7 Å². The first kappa shape index (κ1) is 14.3. The molecule has 3 rings (SSSR count). The second kappa shape index (κ2) is 5.87. The molecule has 1 fully saturated rings. The first-order valence-corrected chi connectivity index (χ1v) is 6.94. The summed E-state index contributed by atoms with van der Waals surface area (Å²) < 4.78 is 15.0. The molecular formula is C16H18FN3. The smallest absolute Gasteiger partial charge is 0.126 e. The molecule has 0 radical (unpaired) electrons. The Hall–Kier alpha value is -2.15. The lowest BCUT2D eigenvalue weighted by atomic mass is 10.2. The minimum Gasteiger partial charge on any atom is -0.240 e. The van der Waals surface area contributed by atoms with E-state index in [0.717, 1.165) is 11.3 Å². The van der Waals surface area contributed by atoms with Crippen LogP contribution in [0.2, 0.25) is 0 Å². The van der Waals surface area contributed by atoms with E-state index in [1.807, 2.05) is 33.0 Å². The van der Waals surface area contributed by atoms with E-state index in [2.05, 4.69) is 5.10 Å². The van der Waals surface area contributed by atoms with Gasteiger partial charge < -0.3 is 0 Å². The molecule has 20 heavy (non-hydrogen) atoms. The Balaban J connectivity index is 0.000000704. The van der Waals surface area contributed by atoms with Crippen LogP contribution >= 0.6 is 0 Å². The van der Waals surface area contributed by atoms with Crippen molar-refractivity contribution < 1.29 is 4.39 Å². The van der Waals surface area contributed by atoms with E-state index in [0.29, 0.717) is 17.2 Å². The number of hydrogen-bond acceptors (Lipinski definition) is 2. The fourth-order valence-electron chi connectivity index (χ4n) is 2.14. The fourth-order valence-corrected chi connectivity index (χ4v) is 2.14. The molecule has 2 aromatic rings. The van der Waals surface area contributed by atoms with Crippen LogP contribution in [0.25, 0.3) is 5.69 Å². The molecule has 1 aromatic carbocycles. The second-order valence-corrected chi connectivity index (χ2v) is 4.73. The number of halogens is 1. The molecule has 0 atom stereocenters. The predicted molar refractivity (Wildman–Crippen MR) is 76.3 cm³/mol. The summed E-state index contributed by atoms with van der Waals surface area (Å²) in [5.74, 6) is 0.153. The van der Waals surface area contributed by atoms with Crippen LogP contribution < -0.4 is 0 Å².